The van der Waals surface area contributed by atoms with Gasteiger partial charge in [0, 0.05) is 55.8 Å². The Labute approximate surface area is 187 Å². The molecule has 1 atom stereocenters. The minimum Gasteiger partial charge on any atom is -0.496 e. The molecule has 32 heavy (non-hydrogen) atoms. The number of likely N-dealkylation sites (tertiary alicyclic amines) is 2. The molecule has 2 saturated heterocycles. The van der Waals surface area contributed by atoms with Crippen molar-refractivity contribution in [2.75, 3.05) is 39.9 Å². The maximum absolute atomic E-state index is 12.8. The molecule has 1 aromatic heterocycles. The highest BCUT2D eigenvalue weighted by atomic mass is 16.5. The van der Waals surface area contributed by atoms with Crippen LogP contribution in [0.25, 0.3) is 0 Å². The van der Waals surface area contributed by atoms with E-state index in [2.05, 4.69) is 21.2 Å². The summed E-state index contributed by atoms with van der Waals surface area (Å²) < 4.78 is 11.7. The van der Waals surface area contributed by atoms with Crippen molar-refractivity contribution in [3.05, 3.63) is 78.1 Å². The van der Waals surface area contributed by atoms with Gasteiger partial charge in [-0.15, -0.1) is 0 Å². The second-order valence-electron chi connectivity index (χ2n) is 8.81. The number of para-hydroxylation sites is 2. The lowest BCUT2D eigenvalue weighted by atomic mass is 9.71. The summed E-state index contributed by atoms with van der Waals surface area (Å²) in [6, 6.07) is 18.1. The highest BCUT2D eigenvalue weighted by Crippen LogP contribution is 2.45. The van der Waals surface area contributed by atoms with Gasteiger partial charge in [-0.25, -0.2) is 0 Å². The molecule has 7 nitrogen and oxygen atoms in total. The monoisotopic (exact) mass is 432 g/mol. The number of amides is 1. The second kappa shape index (κ2) is 8.67. The van der Waals surface area contributed by atoms with E-state index in [-0.39, 0.29) is 11.3 Å². The van der Waals surface area contributed by atoms with Crippen molar-refractivity contribution in [2.24, 2.45) is 11.3 Å². The molecule has 166 valence electrons. The molecule has 2 fully saturated rings. The van der Waals surface area contributed by atoms with Crippen LogP contribution in [0.15, 0.2) is 67.0 Å². The average molecular weight is 433 g/mol. The third-order valence-corrected chi connectivity index (χ3v) is 6.71. The van der Waals surface area contributed by atoms with Gasteiger partial charge >= 0.3 is 0 Å². The van der Waals surface area contributed by atoms with Crippen LogP contribution < -0.4 is 9.47 Å². The topological polar surface area (TPSA) is 70.7 Å². The molecule has 2 aliphatic heterocycles. The lowest BCUT2D eigenvalue weighted by molar-refractivity contribution is -0.0204. The highest BCUT2D eigenvalue weighted by molar-refractivity contribution is 5.94. The van der Waals surface area contributed by atoms with Crippen molar-refractivity contribution in [3.63, 3.8) is 0 Å². The molecule has 1 spiro atoms. The first-order chi connectivity index (χ1) is 15.7. The fraction of sp³-hybridized carbons (Fsp3) is 0.360. The van der Waals surface area contributed by atoms with Crippen LogP contribution in [-0.2, 0) is 6.54 Å². The van der Waals surface area contributed by atoms with Crippen molar-refractivity contribution in [1.29, 1.82) is 0 Å². The van der Waals surface area contributed by atoms with E-state index in [0.717, 1.165) is 44.2 Å². The summed E-state index contributed by atoms with van der Waals surface area (Å²) in [5, 5.41) is 6.64. The number of H-pyrrole nitrogens is 1. The van der Waals surface area contributed by atoms with E-state index >= 15 is 0 Å². The zero-order chi connectivity index (χ0) is 22.0. The van der Waals surface area contributed by atoms with Crippen LogP contribution in [-0.4, -0.2) is 65.8 Å². The number of nitrogens with one attached hydrogen (secondary N) is 1. The van der Waals surface area contributed by atoms with Crippen LogP contribution in [0.1, 0.15) is 15.9 Å². The summed E-state index contributed by atoms with van der Waals surface area (Å²) in [5.74, 6) is 2.17. The minimum absolute atomic E-state index is 0.0373. The van der Waals surface area contributed by atoms with Gasteiger partial charge in [0.25, 0.3) is 5.91 Å². The van der Waals surface area contributed by atoms with Gasteiger partial charge in [0.05, 0.1) is 25.5 Å². The number of nitrogens with zero attached hydrogens (tertiary/aromatic N) is 3. The van der Waals surface area contributed by atoms with Crippen LogP contribution in [0.2, 0.25) is 0 Å². The molecule has 0 bridgehead atoms. The smallest absolute Gasteiger partial charge is 0.257 e. The number of methoxy groups -OCH3 is 1. The van der Waals surface area contributed by atoms with E-state index in [1.807, 2.05) is 53.4 Å². The zero-order valence-corrected chi connectivity index (χ0v) is 18.2. The fourth-order valence-electron chi connectivity index (χ4n) is 5.05. The average Bonchev–Trinajstić information content (AvgIpc) is 3.46. The first-order valence-electron chi connectivity index (χ1n) is 11.0. The maximum atomic E-state index is 12.8. The quantitative estimate of drug-likeness (QED) is 0.621. The molecule has 1 amide bonds. The van der Waals surface area contributed by atoms with Gasteiger partial charge in [-0.2, -0.15) is 5.10 Å². The molecule has 3 heterocycles. The van der Waals surface area contributed by atoms with E-state index in [1.54, 1.807) is 19.5 Å². The number of aromatic nitrogens is 2. The molecule has 0 aliphatic carbocycles. The van der Waals surface area contributed by atoms with E-state index in [9.17, 15) is 4.79 Å². The Morgan fingerprint density at radius 2 is 1.91 bits per heavy atom. The Hall–Kier alpha value is -3.32. The Morgan fingerprint density at radius 1 is 1.12 bits per heavy atom. The van der Waals surface area contributed by atoms with Crippen molar-refractivity contribution in [1.82, 2.24) is 20.0 Å². The summed E-state index contributed by atoms with van der Waals surface area (Å²) in [7, 11) is 1.71. The molecule has 3 aromatic rings. The van der Waals surface area contributed by atoms with E-state index in [4.69, 9.17) is 9.47 Å². The third kappa shape index (κ3) is 3.96. The number of ether oxygens (including phenoxy) is 2. The first kappa shape index (κ1) is 20.6. The predicted molar refractivity (Wildman–Crippen MR) is 121 cm³/mol. The van der Waals surface area contributed by atoms with E-state index in [1.165, 1.54) is 5.56 Å². The number of hydrogen-bond acceptors (Lipinski definition) is 5. The Morgan fingerprint density at radius 3 is 2.66 bits per heavy atom. The van der Waals surface area contributed by atoms with Gasteiger partial charge in [0.2, 0.25) is 0 Å². The van der Waals surface area contributed by atoms with Crippen molar-refractivity contribution < 1.29 is 14.3 Å². The fourth-order valence-corrected chi connectivity index (χ4v) is 5.05. The van der Waals surface area contributed by atoms with Crippen LogP contribution >= 0.6 is 0 Å². The highest BCUT2D eigenvalue weighted by Gasteiger charge is 2.55. The van der Waals surface area contributed by atoms with Crippen LogP contribution in [0.5, 0.6) is 11.5 Å². The molecule has 5 rings (SSSR count). The number of carbonyl (C=O) groups is 1. The molecular formula is C25H28N4O3. The number of hydrogen-bond donors (Lipinski definition) is 1. The van der Waals surface area contributed by atoms with Gasteiger partial charge in [-0.05, 0) is 18.2 Å². The van der Waals surface area contributed by atoms with Gasteiger partial charge < -0.3 is 14.4 Å². The van der Waals surface area contributed by atoms with Crippen LogP contribution in [0, 0.1) is 11.3 Å². The number of carbonyl (C=O) groups excluding carboxylic acids is 1. The minimum atomic E-state index is 0.0373. The van der Waals surface area contributed by atoms with E-state index in [0.29, 0.717) is 18.1 Å². The molecule has 7 heteroatoms. The molecule has 1 unspecified atom stereocenters. The number of rotatable bonds is 7. The van der Waals surface area contributed by atoms with Crippen LogP contribution in [0.3, 0.4) is 0 Å². The lowest BCUT2D eigenvalue weighted by Crippen LogP contribution is -2.62. The Kier molecular flexibility index (Phi) is 5.57. The normalized spacial score (nSPS) is 19.7. The van der Waals surface area contributed by atoms with E-state index < -0.39 is 0 Å². The summed E-state index contributed by atoms with van der Waals surface area (Å²) in [6.45, 7) is 4.80. The van der Waals surface area contributed by atoms with Crippen molar-refractivity contribution in [2.45, 2.75) is 6.54 Å². The molecular weight excluding hydrogens is 404 g/mol. The molecule has 2 aliphatic rings. The summed E-state index contributed by atoms with van der Waals surface area (Å²) >= 11 is 0. The van der Waals surface area contributed by atoms with Gasteiger partial charge in [-0.3, -0.25) is 14.8 Å². The largest absolute Gasteiger partial charge is 0.496 e. The number of benzene rings is 2. The first-order valence-corrected chi connectivity index (χ1v) is 11.0. The SMILES string of the molecule is COc1ccccc1CN1CC(COc2ccccc2)C2(C1)CN(C(=O)c1cn[nH]c1)C2. The molecule has 0 saturated carbocycles. The third-order valence-electron chi connectivity index (χ3n) is 6.71. The van der Waals surface area contributed by atoms with Crippen molar-refractivity contribution in [3.8, 4) is 11.5 Å². The standard InChI is InChI=1S/C25H28N4O3/c1-31-23-10-6-5-7-19(23)13-28-14-21(15-32-22-8-3-2-4-9-22)25(16-28)17-29(18-25)24(30)20-11-26-27-12-20/h2-12,21H,13-18H2,1H3,(H,26,27). The second-order valence-corrected chi connectivity index (χ2v) is 8.81. The van der Waals surface area contributed by atoms with Crippen molar-refractivity contribution >= 4 is 5.91 Å². The number of aromatic amines is 1. The Bertz CT molecular complexity index is 1050. The summed E-state index contributed by atoms with van der Waals surface area (Å²) in [4.78, 5) is 17.2. The molecule has 2 aromatic carbocycles. The molecule has 0 radical (unpaired) electrons. The maximum Gasteiger partial charge on any atom is 0.257 e. The molecule has 1 N–H and O–H groups in total. The van der Waals surface area contributed by atoms with Gasteiger partial charge in [0.1, 0.15) is 11.5 Å². The van der Waals surface area contributed by atoms with Crippen LogP contribution in [0.4, 0.5) is 0 Å². The predicted octanol–water partition coefficient (Wildman–Crippen LogP) is 3.07. The zero-order valence-electron chi connectivity index (χ0n) is 18.2. The lowest BCUT2D eigenvalue weighted by Gasteiger charge is -2.51. The Balaban J connectivity index is 1.30. The summed E-state index contributed by atoms with van der Waals surface area (Å²) in [5.41, 5.74) is 1.83. The van der Waals surface area contributed by atoms with Gasteiger partial charge in [0.15, 0.2) is 0 Å². The summed E-state index contributed by atoms with van der Waals surface area (Å²) in [6.07, 6.45) is 3.25. The van der Waals surface area contributed by atoms with Gasteiger partial charge in [-0.1, -0.05) is 36.4 Å².